The maximum absolute atomic E-state index is 7.58. The molecule has 0 atom stereocenters. The first kappa shape index (κ1) is 12.0. The number of aliphatic imine (C=N–C) groups is 1. The number of aromatic nitrogens is 1. The molecule has 6 heteroatoms. The van der Waals surface area contributed by atoms with Crippen LogP contribution in [0.3, 0.4) is 0 Å². The number of hydrogen-bond donors (Lipinski definition) is 3. The first-order chi connectivity index (χ1) is 7.49. The van der Waals surface area contributed by atoms with Crippen LogP contribution in [0.4, 0.5) is 0 Å². The van der Waals surface area contributed by atoms with Gasteiger partial charge in [-0.1, -0.05) is 6.07 Å². The quantitative estimate of drug-likeness (QED) is 0.483. The maximum atomic E-state index is 7.58. The summed E-state index contributed by atoms with van der Waals surface area (Å²) in [4.78, 5) is 9.59. The second-order valence-corrected chi connectivity index (χ2v) is 3.49. The lowest BCUT2D eigenvalue weighted by Gasteiger charge is -2.16. The SMILES string of the molecule is Cc1cccc(CN(C)C(=N)N=C(N)N)n1. The molecular formula is C10H16N6. The van der Waals surface area contributed by atoms with E-state index in [-0.39, 0.29) is 11.9 Å². The van der Waals surface area contributed by atoms with Gasteiger partial charge < -0.3 is 16.4 Å². The molecule has 0 bridgehead atoms. The van der Waals surface area contributed by atoms with Crippen molar-refractivity contribution < 1.29 is 0 Å². The molecule has 1 heterocycles. The van der Waals surface area contributed by atoms with E-state index in [1.807, 2.05) is 25.1 Å². The Hall–Kier alpha value is -2.11. The molecule has 0 radical (unpaired) electrons. The van der Waals surface area contributed by atoms with Gasteiger partial charge in [0.05, 0.1) is 12.2 Å². The van der Waals surface area contributed by atoms with Gasteiger partial charge in [-0.05, 0) is 19.1 Å². The van der Waals surface area contributed by atoms with Gasteiger partial charge in [0.25, 0.3) is 0 Å². The number of aryl methyl sites for hydroxylation is 1. The minimum Gasteiger partial charge on any atom is -0.370 e. The number of rotatable bonds is 2. The summed E-state index contributed by atoms with van der Waals surface area (Å²) in [5.74, 6) is -0.0997. The number of guanidine groups is 2. The lowest BCUT2D eigenvalue weighted by atomic mass is 10.3. The van der Waals surface area contributed by atoms with Gasteiger partial charge in [-0.15, -0.1) is 0 Å². The van der Waals surface area contributed by atoms with Crippen LogP contribution in [0.25, 0.3) is 0 Å². The van der Waals surface area contributed by atoms with Crippen molar-refractivity contribution in [1.82, 2.24) is 9.88 Å². The van der Waals surface area contributed by atoms with E-state index in [0.717, 1.165) is 11.4 Å². The zero-order chi connectivity index (χ0) is 12.1. The summed E-state index contributed by atoms with van der Waals surface area (Å²) in [6, 6.07) is 5.74. The van der Waals surface area contributed by atoms with Crippen LogP contribution < -0.4 is 11.5 Å². The minimum absolute atomic E-state index is 0.0170. The van der Waals surface area contributed by atoms with Crippen molar-refractivity contribution in [3.8, 4) is 0 Å². The Morgan fingerprint density at radius 3 is 2.75 bits per heavy atom. The summed E-state index contributed by atoms with van der Waals surface area (Å²) in [6.45, 7) is 2.42. The Kier molecular flexibility index (Phi) is 3.82. The number of hydrogen-bond acceptors (Lipinski definition) is 2. The summed E-state index contributed by atoms with van der Waals surface area (Å²) in [5.41, 5.74) is 12.2. The van der Waals surface area contributed by atoms with Gasteiger partial charge in [0, 0.05) is 12.7 Å². The van der Waals surface area contributed by atoms with Crippen molar-refractivity contribution in [1.29, 1.82) is 5.41 Å². The van der Waals surface area contributed by atoms with Crippen molar-refractivity contribution in [2.24, 2.45) is 16.5 Å². The molecule has 0 aliphatic rings. The molecule has 5 N–H and O–H groups in total. The maximum Gasteiger partial charge on any atom is 0.221 e. The van der Waals surface area contributed by atoms with E-state index in [0.29, 0.717) is 6.54 Å². The van der Waals surface area contributed by atoms with Crippen LogP contribution in [-0.4, -0.2) is 28.9 Å². The molecule has 1 aromatic rings. The number of nitrogens with two attached hydrogens (primary N) is 2. The van der Waals surface area contributed by atoms with Crippen molar-refractivity contribution in [3.05, 3.63) is 29.6 Å². The molecule has 0 unspecified atom stereocenters. The van der Waals surface area contributed by atoms with Crippen molar-refractivity contribution in [2.75, 3.05) is 7.05 Å². The third-order valence-electron chi connectivity index (χ3n) is 1.94. The first-order valence-electron chi connectivity index (χ1n) is 4.81. The summed E-state index contributed by atoms with van der Waals surface area (Å²) in [5, 5.41) is 7.58. The average Bonchev–Trinajstić information content (AvgIpc) is 2.16. The van der Waals surface area contributed by atoms with Crippen LogP contribution in [-0.2, 0) is 6.54 Å². The zero-order valence-electron chi connectivity index (χ0n) is 9.44. The highest BCUT2D eigenvalue weighted by atomic mass is 15.2. The van der Waals surface area contributed by atoms with E-state index in [1.165, 1.54) is 0 Å². The van der Waals surface area contributed by atoms with Crippen molar-refractivity contribution in [2.45, 2.75) is 13.5 Å². The summed E-state index contributed by atoms with van der Waals surface area (Å²) < 4.78 is 0. The molecule has 0 fully saturated rings. The number of nitrogens with zero attached hydrogens (tertiary/aromatic N) is 3. The molecule has 86 valence electrons. The van der Waals surface area contributed by atoms with E-state index < -0.39 is 0 Å². The van der Waals surface area contributed by atoms with Crippen LogP contribution in [0.2, 0.25) is 0 Å². The topological polar surface area (TPSA) is 104 Å². The average molecular weight is 220 g/mol. The third kappa shape index (κ3) is 3.56. The monoisotopic (exact) mass is 220 g/mol. The Bertz CT molecular complexity index is 408. The normalized spacial score (nSPS) is 9.62. The minimum atomic E-state index is -0.117. The van der Waals surface area contributed by atoms with E-state index in [4.69, 9.17) is 16.9 Å². The summed E-state index contributed by atoms with van der Waals surface area (Å²) >= 11 is 0. The molecule has 0 aliphatic heterocycles. The fourth-order valence-electron chi connectivity index (χ4n) is 1.21. The Balaban J connectivity index is 2.68. The fraction of sp³-hybridized carbons (Fsp3) is 0.300. The van der Waals surface area contributed by atoms with Crippen LogP contribution in [0, 0.1) is 12.3 Å². The molecular weight excluding hydrogens is 204 g/mol. The van der Waals surface area contributed by atoms with E-state index in [2.05, 4.69) is 9.98 Å². The fourth-order valence-corrected chi connectivity index (χ4v) is 1.21. The predicted octanol–water partition coefficient (Wildman–Crippen LogP) is 0.0300. The molecule has 1 aromatic heterocycles. The second-order valence-electron chi connectivity index (χ2n) is 3.49. The zero-order valence-corrected chi connectivity index (χ0v) is 9.44. The molecule has 16 heavy (non-hydrogen) atoms. The van der Waals surface area contributed by atoms with Gasteiger partial charge in [-0.25, -0.2) is 0 Å². The van der Waals surface area contributed by atoms with Crippen molar-refractivity contribution in [3.63, 3.8) is 0 Å². The van der Waals surface area contributed by atoms with Gasteiger partial charge >= 0.3 is 0 Å². The molecule has 0 saturated heterocycles. The Labute approximate surface area is 94.5 Å². The van der Waals surface area contributed by atoms with Gasteiger partial charge in [0.15, 0.2) is 5.96 Å². The van der Waals surface area contributed by atoms with Crippen LogP contribution in [0.1, 0.15) is 11.4 Å². The molecule has 0 spiro atoms. The van der Waals surface area contributed by atoms with Gasteiger partial charge in [0.2, 0.25) is 5.96 Å². The third-order valence-corrected chi connectivity index (χ3v) is 1.94. The molecule has 0 amide bonds. The smallest absolute Gasteiger partial charge is 0.221 e. The molecule has 1 rings (SSSR count). The van der Waals surface area contributed by atoms with Crippen LogP contribution in [0.15, 0.2) is 23.2 Å². The van der Waals surface area contributed by atoms with E-state index in [9.17, 15) is 0 Å². The van der Waals surface area contributed by atoms with Gasteiger partial charge in [-0.2, -0.15) is 4.99 Å². The summed E-state index contributed by atoms with van der Waals surface area (Å²) in [6.07, 6.45) is 0. The first-order valence-corrected chi connectivity index (χ1v) is 4.81. The second kappa shape index (κ2) is 5.11. The van der Waals surface area contributed by atoms with Gasteiger partial charge in [-0.3, -0.25) is 10.4 Å². The van der Waals surface area contributed by atoms with Crippen LogP contribution >= 0.6 is 0 Å². The largest absolute Gasteiger partial charge is 0.370 e. The highest BCUT2D eigenvalue weighted by Crippen LogP contribution is 2.02. The van der Waals surface area contributed by atoms with Gasteiger partial charge in [0.1, 0.15) is 0 Å². The lowest BCUT2D eigenvalue weighted by Crippen LogP contribution is -2.30. The molecule has 6 nitrogen and oxygen atoms in total. The summed E-state index contributed by atoms with van der Waals surface area (Å²) in [7, 11) is 1.73. The lowest BCUT2D eigenvalue weighted by molar-refractivity contribution is 0.483. The molecule has 0 saturated carbocycles. The Morgan fingerprint density at radius 1 is 1.50 bits per heavy atom. The predicted molar refractivity (Wildman–Crippen MR) is 64.0 cm³/mol. The Morgan fingerprint density at radius 2 is 2.19 bits per heavy atom. The highest BCUT2D eigenvalue weighted by Gasteiger charge is 2.05. The molecule has 0 aromatic carbocycles. The van der Waals surface area contributed by atoms with Crippen molar-refractivity contribution >= 4 is 11.9 Å². The standard InChI is InChI=1S/C10H16N6/c1-7-4-3-5-8(14-7)6-16(2)10(13)15-9(11)12/h3-5H,6H2,1-2H3,(H5,11,12,13,15). The van der Waals surface area contributed by atoms with Crippen LogP contribution in [0.5, 0.6) is 0 Å². The molecule has 0 aliphatic carbocycles. The number of pyridine rings is 1. The number of nitrogens with one attached hydrogen (secondary N) is 1. The van der Waals surface area contributed by atoms with E-state index in [1.54, 1.807) is 11.9 Å². The highest BCUT2D eigenvalue weighted by molar-refractivity contribution is 5.91. The van der Waals surface area contributed by atoms with E-state index >= 15 is 0 Å².